The Morgan fingerprint density at radius 1 is 1.41 bits per heavy atom. The topological polar surface area (TPSA) is 89.2 Å². The minimum Gasteiger partial charge on any atom is -0.341 e. The maximum atomic E-state index is 11.6. The Morgan fingerprint density at radius 3 is 2.59 bits per heavy atom. The van der Waals surface area contributed by atoms with Gasteiger partial charge in [-0.1, -0.05) is 0 Å². The summed E-state index contributed by atoms with van der Waals surface area (Å²) in [5.74, 6) is 0.486. The molecule has 1 aliphatic rings. The zero-order valence-electron chi connectivity index (χ0n) is 9.76. The Balaban J connectivity index is 2.44. The number of hydrogen-bond acceptors (Lipinski definition) is 6. The van der Waals surface area contributed by atoms with Crippen LogP contribution >= 0.6 is 0 Å². The van der Waals surface area contributed by atoms with Gasteiger partial charge in [0, 0.05) is 37.7 Å². The molecule has 1 saturated heterocycles. The van der Waals surface area contributed by atoms with Crippen molar-refractivity contribution in [3.63, 3.8) is 0 Å². The van der Waals surface area contributed by atoms with Crippen molar-refractivity contribution in [2.75, 3.05) is 24.2 Å². The second-order valence-electron chi connectivity index (χ2n) is 4.17. The molecule has 2 N–H and O–H groups in total. The second kappa shape index (κ2) is 4.58. The van der Waals surface area contributed by atoms with Gasteiger partial charge in [0.05, 0.1) is 0 Å². The van der Waals surface area contributed by atoms with Crippen LogP contribution in [-0.2, 0) is 16.4 Å². The van der Waals surface area contributed by atoms with Crippen molar-refractivity contribution in [3.8, 4) is 0 Å². The van der Waals surface area contributed by atoms with Gasteiger partial charge >= 0.3 is 0 Å². The van der Waals surface area contributed by atoms with E-state index < -0.39 is 9.84 Å². The third kappa shape index (κ3) is 2.55. The Morgan fingerprint density at radius 2 is 2.06 bits per heavy atom. The first-order chi connectivity index (χ1) is 8.02. The molecule has 2 heterocycles. The largest absolute Gasteiger partial charge is 0.341 e. The summed E-state index contributed by atoms with van der Waals surface area (Å²) in [6.07, 6.45) is 4.84. The molecule has 7 heteroatoms. The van der Waals surface area contributed by atoms with Crippen molar-refractivity contribution < 1.29 is 8.42 Å². The molecule has 6 nitrogen and oxygen atoms in total. The number of anilines is 1. The highest BCUT2D eigenvalue weighted by molar-refractivity contribution is 7.90. The highest BCUT2D eigenvalue weighted by Crippen LogP contribution is 2.19. The normalized spacial score (nSPS) is 16.5. The fourth-order valence-corrected chi connectivity index (χ4v) is 2.77. The number of nitrogens with zero attached hydrogens (tertiary/aromatic N) is 3. The molecule has 1 fully saturated rings. The predicted octanol–water partition coefficient (Wildman–Crippen LogP) is -0.0610. The third-order valence-corrected chi connectivity index (χ3v) is 3.83. The summed E-state index contributed by atoms with van der Waals surface area (Å²) >= 11 is 0. The summed E-state index contributed by atoms with van der Waals surface area (Å²) in [5, 5.41) is 0.0527. The van der Waals surface area contributed by atoms with Crippen molar-refractivity contribution in [1.82, 2.24) is 9.97 Å². The fraction of sp³-hybridized carbons (Fsp3) is 0.600. The van der Waals surface area contributed by atoms with Crippen molar-refractivity contribution in [2.45, 2.75) is 24.4 Å². The average Bonchev–Trinajstić information content (AvgIpc) is 2.80. The number of hydrogen-bond donors (Lipinski definition) is 1. The second-order valence-corrected chi connectivity index (χ2v) is 6.10. The SMILES string of the molecule is CS(=O)(=O)c1nc(N2CCCC2)ncc1CN. The van der Waals surface area contributed by atoms with E-state index in [-0.39, 0.29) is 11.6 Å². The average molecular weight is 256 g/mol. The lowest BCUT2D eigenvalue weighted by atomic mass is 10.3. The molecular weight excluding hydrogens is 240 g/mol. The van der Waals surface area contributed by atoms with Gasteiger partial charge in [-0.15, -0.1) is 0 Å². The van der Waals surface area contributed by atoms with E-state index in [2.05, 4.69) is 9.97 Å². The highest BCUT2D eigenvalue weighted by atomic mass is 32.2. The van der Waals surface area contributed by atoms with Gasteiger partial charge in [-0.25, -0.2) is 18.4 Å². The summed E-state index contributed by atoms with van der Waals surface area (Å²) < 4.78 is 23.2. The van der Waals surface area contributed by atoms with Crippen LogP contribution in [0.15, 0.2) is 11.2 Å². The van der Waals surface area contributed by atoms with Crippen molar-refractivity contribution in [1.29, 1.82) is 0 Å². The van der Waals surface area contributed by atoms with Crippen LogP contribution in [0.5, 0.6) is 0 Å². The van der Waals surface area contributed by atoms with Gasteiger partial charge in [0.25, 0.3) is 0 Å². The molecule has 0 unspecified atom stereocenters. The van der Waals surface area contributed by atoms with Gasteiger partial charge in [-0.2, -0.15) is 0 Å². The van der Waals surface area contributed by atoms with Crippen LogP contribution in [0.4, 0.5) is 5.95 Å². The molecule has 1 aliphatic heterocycles. The lowest BCUT2D eigenvalue weighted by Gasteiger charge is -2.16. The molecular formula is C10H16N4O2S. The number of rotatable bonds is 3. The van der Waals surface area contributed by atoms with Gasteiger partial charge in [0.2, 0.25) is 5.95 Å². The molecule has 0 spiro atoms. The monoisotopic (exact) mass is 256 g/mol. The zero-order valence-corrected chi connectivity index (χ0v) is 10.6. The number of nitrogens with two attached hydrogens (primary N) is 1. The van der Waals surface area contributed by atoms with Gasteiger partial charge < -0.3 is 10.6 Å². The molecule has 17 heavy (non-hydrogen) atoms. The van der Waals surface area contributed by atoms with Gasteiger partial charge in [-0.05, 0) is 12.8 Å². The van der Waals surface area contributed by atoms with Crippen LogP contribution in [-0.4, -0.2) is 37.7 Å². The highest BCUT2D eigenvalue weighted by Gasteiger charge is 2.20. The standard InChI is InChI=1S/C10H16N4O2S/c1-17(15,16)9-8(6-11)7-12-10(13-9)14-4-2-3-5-14/h7H,2-6,11H2,1H3. The van der Waals surface area contributed by atoms with Crippen LogP contribution in [0.3, 0.4) is 0 Å². The van der Waals surface area contributed by atoms with Crippen LogP contribution in [0.2, 0.25) is 0 Å². The summed E-state index contributed by atoms with van der Waals surface area (Å²) in [4.78, 5) is 10.3. The fourth-order valence-electron chi connectivity index (χ4n) is 1.91. The molecule has 1 aromatic heterocycles. The van der Waals surface area contributed by atoms with Crippen LogP contribution in [0.25, 0.3) is 0 Å². The van der Waals surface area contributed by atoms with Gasteiger partial charge in [0.1, 0.15) is 0 Å². The number of aromatic nitrogens is 2. The first kappa shape index (κ1) is 12.3. The summed E-state index contributed by atoms with van der Waals surface area (Å²) in [6.45, 7) is 1.89. The van der Waals surface area contributed by atoms with Gasteiger partial charge in [-0.3, -0.25) is 0 Å². The molecule has 0 amide bonds. The minimum atomic E-state index is -3.36. The van der Waals surface area contributed by atoms with E-state index in [4.69, 9.17) is 5.73 Å². The van der Waals surface area contributed by atoms with Crippen LogP contribution < -0.4 is 10.6 Å². The van der Waals surface area contributed by atoms with Crippen molar-refractivity contribution in [2.24, 2.45) is 5.73 Å². The Bertz CT molecular complexity index is 509. The van der Waals surface area contributed by atoms with E-state index in [1.165, 1.54) is 6.20 Å². The van der Waals surface area contributed by atoms with E-state index in [0.717, 1.165) is 32.2 Å². The third-order valence-electron chi connectivity index (χ3n) is 2.77. The lowest BCUT2D eigenvalue weighted by molar-refractivity contribution is 0.595. The van der Waals surface area contributed by atoms with E-state index in [1.54, 1.807) is 0 Å². The van der Waals surface area contributed by atoms with Crippen LogP contribution in [0.1, 0.15) is 18.4 Å². The molecule has 1 aromatic rings. The molecule has 0 atom stereocenters. The zero-order chi connectivity index (χ0) is 12.5. The first-order valence-corrected chi connectivity index (χ1v) is 7.42. The summed E-state index contributed by atoms with van der Waals surface area (Å²) in [7, 11) is -3.36. The Kier molecular flexibility index (Phi) is 3.30. The predicted molar refractivity (Wildman–Crippen MR) is 64.5 cm³/mol. The maximum absolute atomic E-state index is 11.6. The smallest absolute Gasteiger partial charge is 0.226 e. The van der Waals surface area contributed by atoms with Crippen molar-refractivity contribution >= 4 is 15.8 Å². The lowest BCUT2D eigenvalue weighted by Crippen LogP contribution is -2.22. The van der Waals surface area contributed by atoms with Crippen molar-refractivity contribution in [3.05, 3.63) is 11.8 Å². The van der Waals surface area contributed by atoms with E-state index in [1.807, 2.05) is 4.90 Å². The molecule has 0 aromatic carbocycles. The van der Waals surface area contributed by atoms with E-state index >= 15 is 0 Å². The van der Waals surface area contributed by atoms with E-state index in [9.17, 15) is 8.42 Å². The minimum absolute atomic E-state index is 0.0527. The molecule has 2 rings (SSSR count). The first-order valence-electron chi connectivity index (χ1n) is 5.53. The quantitative estimate of drug-likeness (QED) is 0.762. The Labute approximate surface area is 101 Å². The molecule has 94 valence electrons. The number of sulfone groups is 1. The maximum Gasteiger partial charge on any atom is 0.226 e. The van der Waals surface area contributed by atoms with Gasteiger partial charge in [0.15, 0.2) is 14.9 Å². The summed E-state index contributed by atoms with van der Waals surface area (Å²) in [6, 6.07) is 0. The molecule has 0 aliphatic carbocycles. The van der Waals surface area contributed by atoms with E-state index in [0.29, 0.717) is 11.5 Å². The molecule has 0 radical (unpaired) electrons. The van der Waals surface area contributed by atoms with Crippen LogP contribution in [0, 0.1) is 0 Å². The molecule has 0 bridgehead atoms. The summed E-state index contributed by atoms with van der Waals surface area (Å²) in [5.41, 5.74) is 5.96. The molecule has 0 saturated carbocycles. The Hall–Kier alpha value is -1.21.